The molecule has 11 heteroatoms. The molecule has 0 aliphatic carbocycles. The summed E-state index contributed by atoms with van der Waals surface area (Å²) >= 11 is 5.98. The number of piperidine rings is 1. The van der Waals surface area contributed by atoms with Gasteiger partial charge in [0.15, 0.2) is 0 Å². The molecule has 2 aromatic carbocycles. The van der Waals surface area contributed by atoms with E-state index in [4.69, 9.17) is 21.1 Å². The van der Waals surface area contributed by atoms with Crippen molar-refractivity contribution in [2.45, 2.75) is 39.0 Å². The van der Waals surface area contributed by atoms with Crippen LogP contribution >= 0.6 is 11.6 Å². The maximum absolute atomic E-state index is 14.1. The standard InChI is InChI=1S/C23H21ClFN3O6/c1-11-5-16(25)17(8-15(11)24)26-23(32)34-10-12-6-13-14(19(7-12)33-2)9-28(22(13)31)18-3-4-20(29)27-21(18)30/h5-8,18H,3-4,9-10H2,1-2H3,(H,26,32)(H,27,29,30). The van der Waals surface area contributed by atoms with Gasteiger partial charge in [-0.15, -0.1) is 0 Å². The van der Waals surface area contributed by atoms with Crippen molar-refractivity contribution in [3.05, 3.63) is 57.4 Å². The predicted octanol–water partition coefficient (Wildman–Crippen LogP) is 3.31. The lowest BCUT2D eigenvalue weighted by Crippen LogP contribution is -2.52. The van der Waals surface area contributed by atoms with Gasteiger partial charge in [-0.3, -0.25) is 25.0 Å². The third-order valence-electron chi connectivity index (χ3n) is 5.75. The van der Waals surface area contributed by atoms with Crippen LogP contribution in [0, 0.1) is 12.7 Å². The number of amides is 4. The van der Waals surface area contributed by atoms with E-state index in [1.807, 2.05) is 0 Å². The average molecular weight is 490 g/mol. The number of anilines is 1. The van der Waals surface area contributed by atoms with Crippen LogP contribution in [0.4, 0.5) is 14.9 Å². The first-order valence-corrected chi connectivity index (χ1v) is 10.8. The monoisotopic (exact) mass is 489 g/mol. The SMILES string of the molecule is COc1cc(COC(=O)Nc2cc(Cl)c(C)cc2F)cc2c1CN(C1CCC(=O)NC1=O)C2=O. The number of benzene rings is 2. The molecule has 0 saturated carbocycles. The van der Waals surface area contributed by atoms with E-state index in [-0.39, 0.29) is 43.5 Å². The Morgan fingerprint density at radius 1 is 1.26 bits per heavy atom. The maximum atomic E-state index is 14.1. The summed E-state index contributed by atoms with van der Waals surface area (Å²) in [5.74, 6) is -1.52. The number of ether oxygens (including phenoxy) is 2. The second-order valence-corrected chi connectivity index (χ2v) is 8.41. The molecule has 2 aromatic rings. The highest BCUT2D eigenvalue weighted by Gasteiger charge is 2.40. The summed E-state index contributed by atoms with van der Waals surface area (Å²) in [5.41, 5.74) is 1.79. The molecule has 4 rings (SSSR count). The first kappa shape index (κ1) is 23.5. The Labute approximate surface area is 199 Å². The highest BCUT2D eigenvalue weighted by atomic mass is 35.5. The van der Waals surface area contributed by atoms with Crippen molar-refractivity contribution in [3.63, 3.8) is 0 Å². The highest BCUT2D eigenvalue weighted by Crippen LogP contribution is 2.35. The molecule has 2 aliphatic rings. The summed E-state index contributed by atoms with van der Waals surface area (Å²) in [6.45, 7) is 1.57. The molecular formula is C23H21ClFN3O6. The van der Waals surface area contributed by atoms with Gasteiger partial charge in [-0.25, -0.2) is 9.18 Å². The Balaban J connectivity index is 1.47. The van der Waals surface area contributed by atoms with Gasteiger partial charge >= 0.3 is 6.09 Å². The lowest BCUT2D eigenvalue weighted by molar-refractivity contribution is -0.136. The van der Waals surface area contributed by atoms with Crippen molar-refractivity contribution in [1.82, 2.24) is 10.2 Å². The number of nitrogens with one attached hydrogen (secondary N) is 2. The molecule has 2 heterocycles. The Morgan fingerprint density at radius 2 is 2.03 bits per heavy atom. The van der Waals surface area contributed by atoms with Gasteiger partial charge in [-0.05, 0) is 48.7 Å². The second kappa shape index (κ2) is 9.30. The van der Waals surface area contributed by atoms with E-state index in [2.05, 4.69) is 10.6 Å². The van der Waals surface area contributed by atoms with Crippen LogP contribution in [0.1, 0.15) is 39.9 Å². The number of imide groups is 1. The highest BCUT2D eigenvalue weighted by molar-refractivity contribution is 6.31. The topological polar surface area (TPSA) is 114 Å². The van der Waals surface area contributed by atoms with Gasteiger partial charge in [-0.2, -0.15) is 0 Å². The smallest absolute Gasteiger partial charge is 0.412 e. The van der Waals surface area contributed by atoms with Gasteiger partial charge in [0.2, 0.25) is 11.8 Å². The Hall–Kier alpha value is -3.66. The van der Waals surface area contributed by atoms with Crippen LogP contribution in [0.25, 0.3) is 0 Å². The number of hydrogen-bond acceptors (Lipinski definition) is 6. The predicted molar refractivity (Wildman–Crippen MR) is 119 cm³/mol. The normalized spacial score (nSPS) is 17.4. The van der Waals surface area contributed by atoms with E-state index < -0.39 is 23.9 Å². The number of aryl methyl sites for hydroxylation is 1. The number of carbonyl (C=O) groups is 4. The largest absolute Gasteiger partial charge is 0.496 e. The second-order valence-electron chi connectivity index (χ2n) is 8.01. The third-order valence-corrected chi connectivity index (χ3v) is 6.16. The summed E-state index contributed by atoms with van der Waals surface area (Å²) in [4.78, 5) is 50.3. The van der Waals surface area contributed by atoms with Crippen molar-refractivity contribution in [2.75, 3.05) is 12.4 Å². The number of fused-ring (bicyclic) bond motifs is 1. The zero-order chi connectivity index (χ0) is 24.6. The van der Waals surface area contributed by atoms with Crippen LogP contribution in [-0.4, -0.2) is 41.9 Å². The third kappa shape index (κ3) is 4.54. The van der Waals surface area contributed by atoms with E-state index in [9.17, 15) is 23.6 Å². The molecule has 0 spiro atoms. The van der Waals surface area contributed by atoms with Gasteiger partial charge in [0.05, 0.1) is 19.3 Å². The van der Waals surface area contributed by atoms with Crippen molar-refractivity contribution in [3.8, 4) is 5.75 Å². The molecule has 1 fully saturated rings. The minimum atomic E-state index is -0.908. The van der Waals surface area contributed by atoms with Gasteiger partial charge in [0.1, 0.15) is 24.2 Å². The Kier molecular flexibility index (Phi) is 6.43. The zero-order valence-corrected chi connectivity index (χ0v) is 19.1. The van der Waals surface area contributed by atoms with Gasteiger partial charge in [0, 0.05) is 22.6 Å². The molecule has 34 heavy (non-hydrogen) atoms. The van der Waals surface area contributed by atoms with Crippen molar-refractivity contribution in [1.29, 1.82) is 0 Å². The van der Waals surface area contributed by atoms with Crippen LogP contribution in [0.15, 0.2) is 24.3 Å². The molecule has 9 nitrogen and oxygen atoms in total. The van der Waals surface area contributed by atoms with Crippen LogP contribution < -0.4 is 15.4 Å². The molecule has 1 atom stereocenters. The summed E-state index contributed by atoms with van der Waals surface area (Å²) in [7, 11) is 1.44. The fraction of sp³-hybridized carbons (Fsp3) is 0.304. The van der Waals surface area contributed by atoms with E-state index in [0.29, 0.717) is 33.0 Å². The minimum Gasteiger partial charge on any atom is -0.496 e. The van der Waals surface area contributed by atoms with E-state index in [1.54, 1.807) is 19.1 Å². The van der Waals surface area contributed by atoms with Crippen LogP contribution in [0.5, 0.6) is 5.75 Å². The Bertz CT molecular complexity index is 1220. The molecule has 0 bridgehead atoms. The molecule has 0 radical (unpaired) electrons. The lowest BCUT2D eigenvalue weighted by Gasteiger charge is -2.29. The van der Waals surface area contributed by atoms with Crippen LogP contribution in [0.2, 0.25) is 5.02 Å². The van der Waals surface area contributed by atoms with Crippen LogP contribution in [-0.2, 0) is 27.5 Å². The van der Waals surface area contributed by atoms with E-state index >= 15 is 0 Å². The summed E-state index contributed by atoms with van der Waals surface area (Å²) in [5, 5.41) is 4.84. The number of carbonyl (C=O) groups excluding carboxylic acids is 4. The van der Waals surface area contributed by atoms with Crippen LogP contribution in [0.3, 0.4) is 0 Å². The van der Waals surface area contributed by atoms with Gasteiger partial charge in [0.25, 0.3) is 5.91 Å². The number of methoxy groups -OCH3 is 1. The van der Waals surface area contributed by atoms with Crippen molar-refractivity contribution >= 4 is 41.1 Å². The molecule has 178 valence electrons. The number of rotatable bonds is 5. The molecule has 1 unspecified atom stereocenters. The molecule has 1 saturated heterocycles. The number of hydrogen-bond donors (Lipinski definition) is 2. The fourth-order valence-electron chi connectivity index (χ4n) is 3.99. The molecule has 0 aromatic heterocycles. The first-order chi connectivity index (χ1) is 16.2. The molecular weight excluding hydrogens is 469 g/mol. The number of halogens is 2. The summed E-state index contributed by atoms with van der Waals surface area (Å²) in [6, 6.07) is 4.90. The molecule has 4 amide bonds. The lowest BCUT2D eigenvalue weighted by atomic mass is 10.0. The van der Waals surface area contributed by atoms with Crippen molar-refractivity contribution in [2.24, 2.45) is 0 Å². The van der Waals surface area contributed by atoms with E-state index in [1.165, 1.54) is 24.1 Å². The number of nitrogens with zero attached hydrogens (tertiary/aromatic N) is 1. The minimum absolute atomic E-state index is 0.123. The summed E-state index contributed by atoms with van der Waals surface area (Å²) in [6.07, 6.45) is -0.522. The molecule has 2 aliphatic heterocycles. The average Bonchev–Trinajstić information content (AvgIpc) is 3.12. The summed E-state index contributed by atoms with van der Waals surface area (Å²) < 4.78 is 24.6. The fourth-order valence-corrected chi connectivity index (χ4v) is 4.15. The van der Waals surface area contributed by atoms with Gasteiger partial charge in [-0.1, -0.05) is 11.6 Å². The quantitative estimate of drug-likeness (QED) is 0.623. The maximum Gasteiger partial charge on any atom is 0.412 e. The van der Waals surface area contributed by atoms with Gasteiger partial charge < -0.3 is 14.4 Å². The Morgan fingerprint density at radius 3 is 2.74 bits per heavy atom. The first-order valence-electron chi connectivity index (χ1n) is 10.4. The zero-order valence-electron chi connectivity index (χ0n) is 18.4. The molecule has 2 N–H and O–H groups in total. The van der Waals surface area contributed by atoms with Crippen molar-refractivity contribution < 1.29 is 33.0 Å². The van der Waals surface area contributed by atoms with E-state index in [0.717, 1.165) is 0 Å².